The van der Waals surface area contributed by atoms with E-state index in [1.54, 1.807) is 0 Å². The average Bonchev–Trinajstić information content (AvgIpc) is 3.14. The van der Waals surface area contributed by atoms with Crippen molar-refractivity contribution in [1.29, 1.82) is 0 Å². The van der Waals surface area contributed by atoms with Crippen LogP contribution >= 0.6 is 0 Å². The largest absolute Gasteiger partial charge is 0.503 e. The molecule has 0 bridgehead atoms. The molecule has 4 rings (SSSR count). The van der Waals surface area contributed by atoms with Crippen molar-refractivity contribution in [3.05, 3.63) is 71.1 Å². The van der Waals surface area contributed by atoms with Crippen molar-refractivity contribution in [3.63, 3.8) is 0 Å². The first-order valence-electron chi connectivity index (χ1n) is 11.6. The maximum absolute atomic E-state index is 12.7. The van der Waals surface area contributed by atoms with Crippen molar-refractivity contribution in [2.75, 3.05) is 25.0 Å². The number of anilines is 1. The number of hydrogen-bond donors (Lipinski definition) is 3. The fraction of sp³-hybridized carbons (Fsp3) is 0.400. The molecule has 1 saturated carbocycles. The molecule has 1 aliphatic heterocycles. The number of hydrogen-bond acceptors (Lipinski definition) is 5. The molecular weight excluding hydrogens is 461 g/mol. The van der Waals surface area contributed by atoms with Crippen LogP contribution in [-0.2, 0) is 15.8 Å². The van der Waals surface area contributed by atoms with E-state index in [-0.39, 0.29) is 37.1 Å². The summed E-state index contributed by atoms with van der Waals surface area (Å²) in [7, 11) is 0. The monoisotopic (exact) mass is 488 g/mol. The molecule has 186 valence electrons. The van der Waals surface area contributed by atoms with Crippen molar-refractivity contribution in [1.82, 2.24) is 15.2 Å². The Morgan fingerprint density at radius 2 is 1.80 bits per heavy atom. The predicted molar refractivity (Wildman–Crippen MR) is 124 cm³/mol. The second kappa shape index (κ2) is 10.4. The quantitative estimate of drug-likeness (QED) is 0.548. The molecule has 1 aromatic carbocycles. The number of aliphatic hydroxyl groups excluding tert-OH is 1. The van der Waals surface area contributed by atoms with Crippen LogP contribution in [0.2, 0.25) is 0 Å². The molecule has 10 heteroatoms. The van der Waals surface area contributed by atoms with Crippen molar-refractivity contribution in [2.45, 2.75) is 43.8 Å². The van der Waals surface area contributed by atoms with Gasteiger partial charge in [0.05, 0.1) is 17.7 Å². The van der Waals surface area contributed by atoms with Crippen LogP contribution in [0.25, 0.3) is 0 Å². The summed E-state index contributed by atoms with van der Waals surface area (Å²) in [5.74, 6) is -0.963. The van der Waals surface area contributed by atoms with E-state index < -0.39 is 29.3 Å². The van der Waals surface area contributed by atoms with E-state index >= 15 is 0 Å². The van der Waals surface area contributed by atoms with E-state index in [4.69, 9.17) is 0 Å². The summed E-state index contributed by atoms with van der Waals surface area (Å²) in [6, 6.07) is 12.4. The second-order valence-corrected chi connectivity index (χ2v) is 8.84. The third-order valence-corrected chi connectivity index (χ3v) is 6.51. The van der Waals surface area contributed by atoms with E-state index in [1.165, 1.54) is 16.5 Å². The van der Waals surface area contributed by atoms with Crippen LogP contribution in [-0.4, -0.2) is 52.5 Å². The van der Waals surface area contributed by atoms with Gasteiger partial charge in [-0.1, -0.05) is 30.3 Å². The van der Waals surface area contributed by atoms with Crippen LogP contribution in [0.1, 0.15) is 42.7 Å². The Hall–Kier alpha value is -3.56. The zero-order chi connectivity index (χ0) is 25.0. The highest BCUT2D eigenvalue weighted by atomic mass is 19.4. The van der Waals surface area contributed by atoms with Gasteiger partial charge in [0.15, 0.2) is 5.76 Å². The number of aliphatic hydroxyl groups is 1. The van der Waals surface area contributed by atoms with Gasteiger partial charge in [0.1, 0.15) is 5.82 Å². The fourth-order valence-electron chi connectivity index (χ4n) is 4.53. The molecular formula is C25H27F3N4O3. The standard InChI is InChI=1S/C25H27F3N4O3/c26-25(27,28)18-8-11-21(30-14-18)29-12-13-32-15-20(22(33)24(32)35)23(34)31-19-9-6-17(7-10-19)16-4-2-1-3-5-16/h1-5,8,11,14,17,19,33H,6-7,9-10,12-13,15H2,(H,29,30)(H,31,34)/t17-,19+. The molecule has 7 nitrogen and oxygen atoms in total. The van der Waals surface area contributed by atoms with Crippen molar-refractivity contribution in [2.24, 2.45) is 0 Å². The normalized spacial score (nSPS) is 20.8. The Kier molecular flexibility index (Phi) is 7.28. The average molecular weight is 489 g/mol. The van der Waals surface area contributed by atoms with Crippen molar-refractivity contribution in [3.8, 4) is 0 Å². The van der Waals surface area contributed by atoms with E-state index in [1.807, 2.05) is 18.2 Å². The third kappa shape index (κ3) is 5.93. The number of alkyl halides is 3. The summed E-state index contributed by atoms with van der Waals surface area (Å²) >= 11 is 0. The van der Waals surface area contributed by atoms with Gasteiger partial charge in [-0.25, -0.2) is 4.98 Å². The molecule has 2 aromatic rings. The molecule has 1 fully saturated rings. The number of carbonyl (C=O) groups is 2. The van der Waals surface area contributed by atoms with Crippen LogP contribution in [0, 0.1) is 0 Å². The fourth-order valence-corrected chi connectivity index (χ4v) is 4.53. The minimum absolute atomic E-state index is 0.0145. The Balaban J connectivity index is 1.24. The highest BCUT2D eigenvalue weighted by Crippen LogP contribution is 2.33. The summed E-state index contributed by atoms with van der Waals surface area (Å²) in [5, 5.41) is 16.0. The molecule has 0 atom stereocenters. The highest BCUT2D eigenvalue weighted by Gasteiger charge is 2.35. The molecule has 35 heavy (non-hydrogen) atoms. The first kappa shape index (κ1) is 24.6. The molecule has 0 unspecified atom stereocenters. The van der Waals surface area contributed by atoms with Gasteiger partial charge in [-0.2, -0.15) is 13.2 Å². The van der Waals surface area contributed by atoms with E-state index in [2.05, 4.69) is 27.8 Å². The summed E-state index contributed by atoms with van der Waals surface area (Å²) < 4.78 is 37.9. The topological polar surface area (TPSA) is 94.6 Å². The minimum Gasteiger partial charge on any atom is -0.503 e. The number of benzene rings is 1. The van der Waals surface area contributed by atoms with Gasteiger partial charge in [0.2, 0.25) is 0 Å². The van der Waals surface area contributed by atoms with Gasteiger partial charge in [-0.15, -0.1) is 0 Å². The van der Waals surface area contributed by atoms with Crippen LogP contribution in [0.15, 0.2) is 60.0 Å². The minimum atomic E-state index is -4.46. The number of nitrogens with zero attached hydrogens (tertiary/aromatic N) is 2. The highest BCUT2D eigenvalue weighted by molar-refractivity contribution is 6.07. The first-order valence-corrected chi connectivity index (χ1v) is 11.6. The number of amides is 2. The van der Waals surface area contributed by atoms with Gasteiger partial charge in [0.25, 0.3) is 11.8 Å². The predicted octanol–water partition coefficient (Wildman–Crippen LogP) is 4.01. The lowest BCUT2D eigenvalue weighted by Gasteiger charge is -2.29. The first-order chi connectivity index (χ1) is 16.7. The molecule has 2 amide bonds. The van der Waals surface area contributed by atoms with Gasteiger partial charge in [-0.05, 0) is 49.3 Å². The Labute approximate surface area is 201 Å². The zero-order valence-electron chi connectivity index (χ0n) is 19.0. The maximum atomic E-state index is 12.7. The van der Waals surface area contributed by atoms with E-state index in [9.17, 15) is 27.9 Å². The molecule has 1 aromatic heterocycles. The number of rotatable bonds is 7. The number of halogens is 3. The van der Waals surface area contributed by atoms with Crippen LogP contribution < -0.4 is 10.6 Å². The Morgan fingerprint density at radius 1 is 1.09 bits per heavy atom. The van der Waals surface area contributed by atoms with Crippen molar-refractivity contribution < 1.29 is 27.9 Å². The lowest BCUT2D eigenvalue weighted by atomic mass is 9.82. The van der Waals surface area contributed by atoms with Crippen LogP contribution in [0.5, 0.6) is 0 Å². The van der Waals surface area contributed by atoms with E-state index in [0.29, 0.717) is 5.92 Å². The molecule has 2 heterocycles. The number of nitrogens with one attached hydrogen (secondary N) is 2. The summed E-state index contributed by atoms with van der Waals surface area (Å²) in [6.45, 7) is 0.304. The zero-order valence-corrected chi connectivity index (χ0v) is 19.0. The molecule has 2 aliphatic rings. The SMILES string of the molecule is O=C(N[C@H]1CC[C@@H](c2ccccc2)CC1)C1=C(O)C(=O)N(CCNc2ccc(C(F)(F)F)cn2)C1. The number of aromatic nitrogens is 1. The second-order valence-electron chi connectivity index (χ2n) is 8.84. The van der Waals surface area contributed by atoms with E-state index in [0.717, 1.165) is 37.9 Å². The smallest absolute Gasteiger partial charge is 0.417 e. The van der Waals surface area contributed by atoms with Gasteiger partial charge < -0.3 is 20.6 Å². The summed E-state index contributed by atoms with van der Waals surface area (Å²) in [4.78, 5) is 30.2. The van der Waals surface area contributed by atoms with Crippen LogP contribution in [0.3, 0.4) is 0 Å². The van der Waals surface area contributed by atoms with Gasteiger partial charge >= 0.3 is 6.18 Å². The third-order valence-electron chi connectivity index (χ3n) is 6.51. The number of carbonyl (C=O) groups excluding carboxylic acids is 2. The number of pyridine rings is 1. The molecule has 3 N–H and O–H groups in total. The Bertz CT molecular complexity index is 1080. The summed E-state index contributed by atoms with van der Waals surface area (Å²) in [6.07, 6.45) is -0.188. The van der Waals surface area contributed by atoms with Crippen LogP contribution in [0.4, 0.5) is 19.0 Å². The summed E-state index contributed by atoms with van der Waals surface area (Å²) in [5.41, 5.74) is 0.485. The van der Waals surface area contributed by atoms with Gasteiger partial charge in [-0.3, -0.25) is 9.59 Å². The molecule has 0 radical (unpaired) electrons. The van der Waals surface area contributed by atoms with Gasteiger partial charge in [0, 0.05) is 25.3 Å². The Morgan fingerprint density at radius 3 is 2.43 bits per heavy atom. The lowest BCUT2D eigenvalue weighted by molar-refractivity contribution is -0.137. The maximum Gasteiger partial charge on any atom is 0.417 e. The lowest BCUT2D eigenvalue weighted by Crippen LogP contribution is -2.39. The van der Waals surface area contributed by atoms with Crippen molar-refractivity contribution >= 4 is 17.6 Å². The molecule has 1 aliphatic carbocycles. The molecule has 0 spiro atoms. The molecule has 0 saturated heterocycles.